The van der Waals surface area contributed by atoms with Crippen molar-refractivity contribution in [1.82, 2.24) is 4.98 Å². The van der Waals surface area contributed by atoms with E-state index in [9.17, 15) is 22.8 Å². The van der Waals surface area contributed by atoms with Gasteiger partial charge in [-0.05, 0) is 36.8 Å². The van der Waals surface area contributed by atoms with Crippen molar-refractivity contribution >= 4 is 17.7 Å². The van der Waals surface area contributed by atoms with Crippen molar-refractivity contribution < 1.29 is 27.5 Å². The van der Waals surface area contributed by atoms with Crippen LogP contribution in [0, 0.1) is 5.82 Å². The van der Waals surface area contributed by atoms with Crippen molar-refractivity contribution in [3.8, 4) is 0 Å². The summed E-state index contributed by atoms with van der Waals surface area (Å²) in [5.41, 5.74) is 8.31. The summed E-state index contributed by atoms with van der Waals surface area (Å²) >= 11 is 0. The topological polar surface area (TPSA) is 121 Å². The number of rotatable bonds is 5. The zero-order chi connectivity index (χ0) is 21.4. The molecule has 1 aliphatic rings. The van der Waals surface area contributed by atoms with Gasteiger partial charge in [0.05, 0.1) is 5.56 Å². The summed E-state index contributed by atoms with van der Waals surface area (Å²) in [7, 11) is 0. The molecule has 1 aromatic heterocycles. The average Bonchev–Trinajstić information content (AvgIpc) is 2.66. The fourth-order valence-electron chi connectivity index (χ4n) is 2.93. The summed E-state index contributed by atoms with van der Waals surface area (Å²) in [5.74, 6) is -5.58. The summed E-state index contributed by atoms with van der Waals surface area (Å²) in [6, 6.07) is 5.65. The maximum absolute atomic E-state index is 14.5. The van der Waals surface area contributed by atoms with Crippen LogP contribution in [-0.4, -0.2) is 35.2 Å². The van der Waals surface area contributed by atoms with Crippen LogP contribution in [0.3, 0.4) is 0 Å². The van der Waals surface area contributed by atoms with Gasteiger partial charge in [0, 0.05) is 18.2 Å². The molecule has 0 saturated carbocycles. The zero-order valence-corrected chi connectivity index (χ0v) is 15.3. The lowest BCUT2D eigenvalue weighted by Gasteiger charge is -2.37. The quantitative estimate of drug-likeness (QED) is 0.735. The molecule has 0 saturated heterocycles. The Bertz CT molecular complexity index is 1010. The van der Waals surface area contributed by atoms with E-state index in [-0.39, 0.29) is 23.2 Å². The molecule has 0 fully saturated rings. The van der Waals surface area contributed by atoms with Crippen molar-refractivity contribution in [3.05, 3.63) is 64.7 Å². The molecule has 4 N–H and O–H groups in total. The van der Waals surface area contributed by atoms with Crippen molar-refractivity contribution in [1.29, 1.82) is 0 Å². The maximum atomic E-state index is 14.5. The lowest BCUT2D eigenvalue weighted by molar-refractivity contribution is -0.117. The molecule has 3 rings (SSSR count). The van der Waals surface area contributed by atoms with E-state index >= 15 is 0 Å². The van der Waals surface area contributed by atoms with Crippen LogP contribution in [0.25, 0.3) is 0 Å². The third-order valence-corrected chi connectivity index (χ3v) is 4.70. The molecule has 0 bridgehead atoms. The molecule has 1 amide bonds. The molecule has 7 nitrogen and oxygen atoms in total. The highest BCUT2D eigenvalue weighted by atomic mass is 19.3. The fraction of sp³-hybridized carbons (Fsp3) is 0.263. The molecule has 1 atom stereocenters. The molecule has 0 unspecified atom stereocenters. The number of ketones is 1. The van der Waals surface area contributed by atoms with Gasteiger partial charge >= 0.3 is 5.92 Å². The van der Waals surface area contributed by atoms with E-state index in [1.165, 1.54) is 18.2 Å². The van der Waals surface area contributed by atoms with Crippen molar-refractivity contribution in [3.63, 3.8) is 0 Å². The second-order valence-corrected chi connectivity index (χ2v) is 6.73. The first kappa shape index (κ1) is 20.3. The van der Waals surface area contributed by atoms with E-state index in [2.05, 4.69) is 14.7 Å². The van der Waals surface area contributed by atoms with Gasteiger partial charge in [-0.1, -0.05) is 6.07 Å². The number of benzene rings is 1. The minimum absolute atomic E-state index is 0.0470. The maximum Gasteiger partial charge on any atom is 0.310 e. The molecule has 29 heavy (non-hydrogen) atoms. The van der Waals surface area contributed by atoms with Gasteiger partial charge in [0.2, 0.25) is 5.91 Å². The van der Waals surface area contributed by atoms with Crippen LogP contribution in [0.5, 0.6) is 0 Å². The summed E-state index contributed by atoms with van der Waals surface area (Å²) in [6.07, 6.45) is 0.931. The van der Waals surface area contributed by atoms with E-state index in [0.29, 0.717) is 0 Å². The average molecular weight is 406 g/mol. The zero-order valence-electron chi connectivity index (χ0n) is 15.3. The molecule has 0 aliphatic carbocycles. The first-order chi connectivity index (χ1) is 13.5. The number of amides is 1. The Morgan fingerprint density at radius 1 is 1.24 bits per heavy atom. The molecule has 152 valence electrons. The Labute approximate surface area is 163 Å². The van der Waals surface area contributed by atoms with Crippen LogP contribution in [0.4, 0.5) is 13.2 Å². The van der Waals surface area contributed by atoms with Crippen LogP contribution >= 0.6 is 0 Å². The molecular formula is C19H17F3N4O3. The minimum Gasteiger partial charge on any atom is -0.459 e. The number of alkyl halides is 2. The molecule has 10 heteroatoms. The van der Waals surface area contributed by atoms with Gasteiger partial charge in [-0.15, -0.1) is 0 Å². The van der Waals surface area contributed by atoms with Crippen molar-refractivity contribution in [2.24, 2.45) is 16.5 Å². The number of primary amides is 1. The van der Waals surface area contributed by atoms with Crippen molar-refractivity contribution in [2.45, 2.75) is 24.8 Å². The number of hydrogen-bond acceptors (Lipinski definition) is 6. The summed E-state index contributed by atoms with van der Waals surface area (Å²) in [4.78, 5) is 31.0. The highest BCUT2D eigenvalue weighted by Gasteiger charge is 2.56. The number of pyridine rings is 1. The number of halogens is 3. The number of hydrogen-bond donors (Lipinski definition) is 2. The molecule has 1 aliphatic heterocycles. The van der Waals surface area contributed by atoms with Crippen LogP contribution in [-0.2, 0) is 16.7 Å². The summed E-state index contributed by atoms with van der Waals surface area (Å²) in [5, 5.41) is 0. The smallest absolute Gasteiger partial charge is 0.310 e. The largest absolute Gasteiger partial charge is 0.459 e. The number of aromatic nitrogens is 1. The van der Waals surface area contributed by atoms with Gasteiger partial charge in [-0.2, -0.15) is 8.78 Å². The predicted octanol–water partition coefficient (Wildman–Crippen LogP) is 1.94. The molecule has 0 spiro atoms. The second kappa shape index (κ2) is 7.19. The molecule has 2 heterocycles. The monoisotopic (exact) mass is 406 g/mol. The van der Waals surface area contributed by atoms with Gasteiger partial charge in [0.25, 0.3) is 6.02 Å². The number of carbonyl (C=O) groups is 2. The van der Waals surface area contributed by atoms with Crippen LogP contribution in [0.2, 0.25) is 0 Å². The van der Waals surface area contributed by atoms with Crippen LogP contribution in [0.1, 0.15) is 38.9 Å². The minimum atomic E-state index is -3.52. The summed E-state index contributed by atoms with van der Waals surface area (Å²) in [6.45, 7) is 0.00800. The number of ether oxygens (including phenoxy) is 1. The van der Waals surface area contributed by atoms with Crippen LogP contribution in [0.15, 0.2) is 41.5 Å². The Hall–Kier alpha value is -3.43. The first-order valence-electron chi connectivity index (χ1n) is 8.47. The van der Waals surface area contributed by atoms with Crippen LogP contribution < -0.4 is 11.5 Å². The third-order valence-electron chi connectivity index (χ3n) is 4.70. The summed E-state index contributed by atoms with van der Waals surface area (Å²) < 4.78 is 48.0. The number of carbonyl (C=O) groups excluding carboxylic acids is 2. The lowest BCUT2D eigenvalue weighted by atomic mass is 9.84. The standard InChI is InChI=1S/C19H17F3N4O3/c1-18(19(21,22)9-29-17(24)26-18)12-6-10(2-4-13(12)20)7-15(27)14-5-3-11(8-25-14)16(23)28/h2-6,8H,7,9H2,1H3,(H2,23,28)(H2,24,26)/t18-/m1/s1. The molecule has 2 aromatic rings. The Morgan fingerprint density at radius 2 is 1.97 bits per heavy atom. The van der Waals surface area contributed by atoms with Gasteiger partial charge in [-0.25, -0.2) is 9.38 Å². The van der Waals surface area contributed by atoms with Gasteiger partial charge < -0.3 is 16.2 Å². The van der Waals surface area contributed by atoms with E-state index < -0.39 is 47.2 Å². The number of nitrogens with two attached hydrogens (primary N) is 2. The highest BCUT2D eigenvalue weighted by molar-refractivity contribution is 5.97. The van der Waals surface area contributed by atoms with E-state index in [1.54, 1.807) is 0 Å². The Balaban J connectivity index is 1.92. The van der Waals surface area contributed by atoms with E-state index in [1.807, 2.05) is 0 Å². The van der Waals surface area contributed by atoms with Gasteiger partial charge in [0.15, 0.2) is 17.9 Å². The highest BCUT2D eigenvalue weighted by Crippen LogP contribution is 2.44. The first-order valence-corrected chi connectivity index (χ1v) is 8.47. The molecule has 0 radical (unpaired) electrons. The fourth-order valence-corrected chi connectivity index (χ4v) is 2.93. The SMILES string of the molecule is C[C@]1(c2cc(CC(=O)c3ccc(C(N)=O)cn3)ccc2F)N=C(N)OCC1(F)F. The van der Waals surface area contributed by atoms with E-state index in [0.717, 1.165) is 25.3 Å². The van der Waals surface area contributed by atoms with Gasteiger partial charge in [-0.3, -0.25) is 14.6 Å². The number of Topliss-reactive ketones (excluding diaryl/α,β-unsaturated/α-hetero) is 1. The number of nitrogens with zero attached hydrogens (tertiary/aromatic N) is 2. The molecule has 1 aromatic carbocycles. The number of amidine groups is 1. The van der Waals surface area contributed by atoms with Gasteiger partial charge in [0.1, 0.15) is 11.5 Å². The van der Waals surface area contributed by atoms with Crippen molar-refractivity contribution in [2.75, 3.05) is 6.61 Å². The number of aliphatic imine (C=N–C) groups is 1. The van der Waals surface area contributed by atoms with E-state index in [4.69, 9.17) is 11.5 Å². The Morgan fingerprint density at radius 3 is 2.59 bits per heavy atom. The lowest BCUT2D eigenvalue weighted by Crippen LogP contribution is -2.51. The second-order valence-electron chi connectivity index (χ2n) is 6.73. The Kier molecular flexibility index (Phi) is 5.04. The third kappa shape index (κ3) is 3.78. The molecular weight excluding hydrogens is 389 g/mol. The predicted molar refractivity (Wildman–Crippen MR) is 97.1 cm³/mol. The normalized spacial score (nSPS) is 20.5.